The summed E-state index contributed by atoms with van der Waals surface area (Å²) >= 11 is 5.94. The second-order valence-corrected chi connectivity index (χ2v) is 14.1. The van der Waals surface area contributed by atoms with E-state index in [2.05, 4.69) is 0 Å². The number of nitrogens with zero attached hydrogens (tertiary/aromatic N) is 3. The van der Waals surface area contributed by atoms with Gasteiger partial charge >= 0.3 is 0 Å². The molecule has 0 saturated heterocycles. The first-order chi connectivity index (χ1) is 21.2. The van der Waals surface area contributed by atoms with E-state index in [0.717, 1.165) is 32.9 Å². The summed E-state index contributed by atoms with van der Waals surface area (Å²) in [6.45, 7) is 1.49. The van der Waals surface area contributed by atoms with Gasteiger partial charge in [-0.05, 0) is 61.9 Å². The highest BCUT2D eigenvalue weighted by molar-refractivity contribution is 7.92. The number of halogens is 3. The van der Waals surface area contributed by atoms with E-state index in [9.17, 15) is 31.3 Å². The molecule has 15 heteroatoms. The standard InChI is InChI=1S/C30H28ClF2N3O7S2/c1-21(35(29-19-23(32)13-16-28(29)33)45(41,42)25-14-11-22(31)12-15-25)27-9-3-4-10-30(27)43-18-6-17-34(2)44(39,40)26-8-5-7-24(20-26)36(37)38/h3-5,7-16,19-21H,6,17-18H2,1-2H3. The third-order valence-corrected chi connectivity index (χ3v) is 10.9. The van der Waals surface area contributed by atoms with Crippen LogP contribution in [0.4, 0.5) is 20.2 Å². The number of hydrogen-bond acceptors (Lipinski definition) is 7. The normalized spacial score (nSPS) is 12.6. The van der Waals surface area contributed by atoms with Crippen molar-refractivity contribution in [2.75, 3.05) is 24.5 Å². The van der Waals surface area contributed by atoms with Crippen LogP contribution in [0, 0.1) is 21.7 Å². The van der Waals surface area contributed by atoms with Gasteiger partial charge in [-0.15, -0.1) is 0 Å². The van der Waals surface area contributed by atoms with Crippen LogP contribution in [0.5, 0.6) is 5.75 Å². The average molecular weight is 680 g/mol. The Bertz CT molecular complexity index is 1910. The van der Waals surface area contributed by atoms with E-state index < -0.39 is 48.3 Å². The molecule has 1 atom stereocenters. The number of para-hydroxylation sites is 1. The Hall–Kier alpha value is -4.11. The van der Waals surface area contributed by atoms with Crippen LogP contribution < -0.4 is 9.04 Å². The number of hydrogen-bond donors (Lipinski definition) is 0. The molecule has 238 valence electrons. The van der Waals surface area contributed by atoms with Crippen LogP contribution in [-0.2, 0) is 20.0 Å². The van der Waals surface area contributed by atoms with Gasteiger partial charge in [0.2, 0.25) is 10.0 Å². The monoisotopic (exact) mass is 679 g/mol. The molecular formula is C30H28ClF2N3O7S2. The Morgan fingerprint density at radius 3 is 2.27 bits per heavy atom. The molecule has 0 aromatic heterocycles. The maximum Gasteiger partial charge on any atom is 0.270 e. The molecule has 0 N–H and O–H groups in total. The highest BCUT2D eigenvalue weighted by Crippen LogP contribution is 2.38. The lowest BCUT2D eigenvalue weighted by Crippen LogP contribution is -2.34. The fraction of sp³-hybridized carbons (Fsp3) is 0.200. The zero-order chi connectivity index (χ0) is 32.9. The van der Waals surface area contributed by atoms with Crippen molar-refractivity contribution < 1.29 is 35.3 Å². The van der Waals surface area contributed by atoms with Crippen molar-refractivity contribution in [1.29, 1.82) is 0 Å². The Morgan fingerprint density at radius 1 is 0.889 bits per heavy atom. The summed E-state index contributed by atoms with van der Waals surface area (Å²) in [5, 5.41) is 11.4. The van der Waals surface area contributed by atoms with E-state index in [1.54, 1.807) is 24.3 Å². The van der Waals surface area contributed by atoms with Crippen LogP contribution in [0.1, 0.15) is 24.9 Å². The van der Waals surface area contributed by atoms with Gasteiger partial charge in [-0.2, -0.15) is 0 Å². The summed E-state index contributed by atoms with van der Waals surface area (Å²) in [5.41, 5.74) is -0.541. The van der Waals surface area contributed by atoms with E-state index in [-0.39, 0.29) is 45.8 Å². The van der Waals surface area contributed by atoms with Gasteiger partial charge in [0.05, 0.1) is 33.1 Å². The van der Waals surface area contributed by atoms with Gasteiger partial charge in [-0.1, -0.05) is 35.9 Å². The predicted octanol–water partition coefficient (Wildman–Crippen LogP) is 6.57. The smallest absolute Gasteiger partial charge is 0.270 e. The highest BCUT2D eigenvalue weighted by atomic mass is 35.5. The molecule has 45 heavy (non-hydrogen) atoms. The largest absolute Gasteiger partial charge is 0.493 e. The molecule has 0 heterocycles. The number of nitro benzene ring substituents is 1. The molecule has 0 aliphatic rings. The van der Waals surface area contributed by atoms with Gasteiger partial charge < -0.3 is 4.74 Å². The van der Waals surface area contributed by atoms with Crippen molar-refractivity contribution >= 4 is 43.0 Å². The molecule has 10 nitrogen and oxygen atoms in total. The third-order valence-electron chi connectivity index (χ3n) is 6.85. The number of non-ortho nitro benzene ring substituents is 1. The van der Waals surface area contributed by atoms with Crippen LogP contribution in [0.25, 0.3) is 0 Å². The van der Waals surface area contributed by atoms with E-state index in [0.29, 0.717) is 5.56 Å². The van der Waals surface area contributed by atoms with E-state index in [1.165, 1.54) is 56.4 Å². The second-order valence-electron chi connectivity index (χ2n) is 9.85. The zero-order valence-electron chi connectivity index (χ0n) is 24.0. The molecule has 4 aromatic carbocycles. The highest BCUT2D eigenvalue weighted by Gasteiger charge is 2.34. The fourth-order valence-electron chi connectivity index (χ4n) is 4.53. The van der Waals surface area contributed by atoms with Crippen molar-refractivity contribution in [3.63, 3.8) is 0 Å². The SMILES string of the molecule is CC(c1ccccc1OCCCN(C)S(=O)(=O)c1cccc([N+](=O)[O-])c1)N(c1cc(F)ccc1F)S(=O)(=O)c1ccc(Cl)cc1. The molecule has 4 aromatic rings. The van der Waals surface area contributed by atoms with E-state index in [1.807, 2.05) is 0 Å². The fourth-order valence-corrected chi connectivity index (χ4v) is 7.54. The Morgan fingerprint density at radius 2 is 1.58 bits per heavy atom. The van der Waals surface area contributed by atoms with Crippen molar-refractivity contribution in [3.8, 4) is 5.75 Å². The van der Waals surface area contributed by atoms with E-state index in [4.69, 9.17) is 16.3 Å². The maximum atomic E-state index is 15.1. The summed E-state index contributed by atoms with van der Waals surface area (Å²) in [6.07, 6.45) is 0.193. The predicted molar refractivity (Wildman–Crippen MR) is 165 cm³/mol. The number of sulfonamides is 2. The lowest BCUT2D eigenvalue weighted by molar-refractivity contribution is -0.385. The average Bonchev–Trinajstić information content (AvgIpc) is 3.01. The number of nitro groups is 1. The van der Waals surface area contributed by atoms with Gasteiger partial charge in [0.1, 0.15) is 17.4 Å². The molecule has 0 spiro atoms. The first-order valence-corrected chi connectivity index (χ1v) is 16.7. The number of benzene rings is 4. The molecule has 4 rings (SSSR count). The van der Waals surface area contributed by atoms with Crippen LogP contribution in [0.3, 0.4) is 0 Å². The molecular weight excluding hydrogens is 652 g/mol. The zero-order valence-corrected chi connectivity index (χ0v) is 26.4. The Kier molecular flexibility index (Phi) is 10.4. The van der Waals surface area contributed by atoms with Crippen molar-refractivity contribution in [1.82, 2.24) is 4.31 Å². The van der Waals surface area contributed by atoms with Crippen LogP contribution in [-0.4, -0.2) is 46.3 Å². The van der Waals surface area contributed by atoms with Gasteiger partial charge in [-0.3, -0.25) is 14.4 Å². The maximum absolute atomic E-state index is 15.1. The summed E-state index contributed by atoms with van der Waals surface area (Å²) in [5.74, 6) is -1.57. The minimum atomic E-state index is -4.46. The molecule has 0 aliphatic carbocycles. The van der Waals surface area contributed by atoms with Crippen molar-refractivity contribution in [2.45, 2.75) is 29.2 Å². The minimum Gasteiger partial charge on any atom is -0.493 e. The number of ether oxygens (including phenoxy) is 1. The summed E-state index contributed by atoms with van der Waals surface area (Å²) < 4.78 is 90.8. The minimum absolute atomic E-state index is 0.00318. The van der Waals surface area contributed by atoms with Gasteiger partial charge in [0.25, 0.3) is 15.7 Å². The van der Waals surface area contributed by atoms with E-state index >= 15 is 4.39 Å². The van der Waals surface area contributed by atoms with Crippen LogP contribution in [0.15, 0.2) is 101 Å². The molecule has 0 bridgehead atoms. The number of anilines is 1. The molecule has 0 fully saturated rings. The lowest BCUT2D eigenvalue weighted by atomic mass is 10.1. The van der Waals surface area contributed by atoms with Crippen molar-refractivity contribution in [3.05, 3.63) is 123 Å². The number of rotatable bonds is 13. The quantitative estimate of drug-likeness (QED) is 0.0888. The lowest BCUT2D eigenvalue weighted by Gasteiger charge is -2.32. The Labute approximate surface area is 264 Å². The Balaban J connectivity index is 1.57. The molecule has 0 saturated carbocycles. The van der Waals surface area contributed by atoms with Crippen molar-refractivity contribution in [2.24, 2.45) is 0 Å². The molecule has 0 amide bonds. The second kappa shape index (κ2) is 13.9. The first kappa shape index (κ1) is 33.8. The third kappa shape index (κ3) is 7.59. The van der Waals surface area contributed by atoms with Crippen LogP contribution >= 0.6 is 11.6 Å². The van der Waals surface area contributed by atoms with Gasteiger partial charge in [0, 0.05) is 42.4 Å². The van der Waals surface area contributed by atoms with Gasteiger partial charge in [-0.25, -0.2) is 29.9 Å². The summed E-state index contributed by atoms with van der Waals surface area (Å²) in [6, 6.07) is 17.8. The molecule has 0 aliphatic heterocycles. The van der Waals surface area contributed by atoms with Crippen LogP contribution in [0.2, 0.25) is 5.02 Å². The molecule has 0 radical (unpaired) electrons. The summed E-state index contributed by atoms with van der Waals surface area (Å²) in [4.78, 5) is 9.95. The summed E-state index contributed by atoms with van der Waals surface area (Å²) in [7, 11) is -7.17. The topological polar surface area (TPSA) is 127 Å². The van der Waals surface area contributed by atoms with Gasteiger partial charge in [0.15, 0.2) is 0 Å². The molecule has 1 unspecified atom stereocenters. The first-order valence-electron chi connectivity index (χ1n) is 13.4.